The Morgan fingerprint density at radius 1 is 0.923 bits per heavy atom. The third-order valence-corrected chi connectivity index (χ3v) is 4.92. The van der Waals surface area contributed by atoms with Crippen LogP contribution < -0.4 is 0 Å². The van der Waals surface area contributed by atoms with Crippen molar-refractivity contribution >= 4 is 5.90 Å². The predicted octanol–water partition coefficient (Wildman–Crippen LogP) is 6.46. The van der Waals surface area contributed by atoms with Crippen LogP contribution in [-0.4, -0.2) is 18.0 Å². The number of nitrogens with zero attached hydrogens (tertiary/aromatic N) is 1. The topological polar surface area (TPSA) is 21.6 Å². The maximum Gasteiger partial charge on any atom is 0.216 e. The lowest BCUT2D eigenvalue weighted by Crippen LogP contribution is -2.17. The highest BCUT2D eigenvalue weighted by Crippen LogP contribution is 2.33. The largest absolute Gasteiger partial charge is 0.475 e. The van der Waals surface area contributed by atoms with Gasteiger partial charge in [0, 0.05) is 8.30 Å². The molecule has 0 saturated carbocycles. The Morgan fingerprint density at radius 3 is 1.85 bits per heavy atom. The summed E-state index contributed by atoms with van der Waals surface area (Å²) in [5.41, 5.74) is 5.88. The maximum atomic E-state index is 8.57. The molecule has 2 aromatic rings. The fraction of sp³-hybridized carbons (Fsp3) is 0.458. The minimum atomic E-state index is -0.724. The second kappa shape index (κ2) is 6.90. The van der Waals surface area contributed by atoms with Gasteiger partial charge < -0.3 is 4.74 Å². The van der Waals surface area contributed by atoms with Crippen LogP contribution in [0.5, 0.6) is 0 Å². The normalized spacial score (nSPS) is 18.0. The molecule has 0 radical (unpaired) electrons. The molecular weight excluding hydrogens is 318 g/mol. The van der Waals surface area contributed by atoms with E-state index in [0.29, 0.717) is 12.5 Å². The molecule has 0 bridgehead atoms. The van der Waals surface area contributed by atoms with E-state index >= 15 is 0 Å². The molecule has 2 aromatic carbocycles. The molecule has 0 amide bonds. The van der Waals surface area contributed by atoms with E-state index in [9.17, 15) is 0 Å². The van der Waals surface area contributed by atoms with Gasteiger partial charge in [-0.05, 0) is 72.5 Å². The summed E-state index contributed by atoms with van der Waals surface area (Å²) >= 11 is 0. The quantitative estimate of drug-likeness (QED) is 0.619. The molecule has 26 heavy (non-hydrogen) atoms. The highest BCUT2D eigenvalue weighted by molar-refractivity contribution is 5.95. The van der Waals surface area contributed by atoms with Gasteiger partial charge in [0.05, 0.1) is 5.54 Å². The lowest BCUT2D eigenvalue weighted by Gasteiger charge is -2.19. The summed E-state index contributed by atoms with van der Waals surface area (Å²) in [5.74, 6) is -0.753. The molecule has 0 N–H and O–H groups in total. The van der Waals surface area contributed by atoms with E-state index in [0.717, 1.165) is 33.4 Å². The Labute approximate surface area is 161 Å². The molecule has 0 atom stereocenters. The lowest BCUT2D eigenvalue weighted by molar-refractivity contribution is 0.279. The number of ether oxygens (including phenoxy) is 1. The first-order valence-electron chi connectivity index (χ1n) is 10.3. The van der Waals surface area contributed by atoms with Gasteiger partial charge in [0.25, 0.3) is 0 Å². The number of hydrogen-bond acceptors (Lipinski definition) is 2. The summed E-state index contributed by atoms with van der Waals surface area (Å²) in [4.78, 5) is 4.64. The molecule has 2 heteroatoms. The standard InChI is InChI=1S/C24H31NO/c1-15(2)21-12-20(13-22(16(3)4)17(21)5)18-8-10-19(11-9-18)23-25-24(6,7)14-26-23/h8-13,15-16H,14H2,1-7H3/i15D,16D. The first kappa shape index (κ1) is 16.1. The Morgan fingerprint density at radius 2 is 1.42 bits per heavy atom. The number of aliphatic imine (C=N–C) groups is 1. The van der Waals surface area contributed by atoms with Crippen LogP contribution in [0.25, 0.3) is 11.1 Å². The molecule has 0 unspecified atom stereocenters. The molecule has 0 aromatic heterocycles. The minimum absolute atomic E-state index is 0.172. The number of hydrogen-bond donors (Lipinski definition) is 0. The molecule has 0 aliphatic carbocycles. The predicted molar refractivity (Wildman–Crippen MR) is 111 cm³/mol. The van der Waals surface area contributed by atoms with E-state index in [1.54, 1.807) is 0 Å². The minimum Gasteiger partial charge on any atom is -0.475 e. The fourth-order valence-corrected chi connectivity index (χ4v) is 3.46. The van der Waals surface area contributed by atoms with Crippen molar-refractivity contribution in [3.63, 3.8) is 0 Å². The van der Waals surface area contributed by atoms with E-state index in [1.807, 2.05) is 46.8 Å². The first-order valence-corrected chi connectivity index (χ1v) is 9.27. The highest BCUT2D eigenvalue weighted by Gasteiger charge is 2.26. The van der Waals surface area contributed by atoms with Crippen LogP contribution in [0, 0.1) is 6.92 Å². The average Bonchev–Trinajstić information content (AvgIpc) is 2.93. The van der Waals surface area contributed by atoms with E-state index < -0.39 is 11.8 Å². The third kappa shape index (κ3) is 3.70. The van der Waals surface area contributed by atoms with Gasteiger partial charge in [0.2, 0.25) is 5.90 Å². The van der Waals surface area contributed by atoms with Gasteiger partial charge in [-0.1, -0.05) is 52.0 Å². The molecule has 0 fully saturated rings. The Hall–Kier alpha value is -2.09. The smallest absolute Gasteiger partial charge is 0.216 e. The van der Waals surface area contributed by atoms with Gasteiger partial charge in [-0.3, -0.25) is 0 Å². The number of benzene rings is 2. The molecule has 3 rings (SSSR count). The average molecular weight is 352 g/mol. The van der Waals surface area contributed by atoms with Crippen LogP contribution in [0.15, 0.2) is 41.4 Å². The van der Waals surface area contributed by atoms with E-state index in [2.05, 4.69) is 43.1 Å². The third-order valence-electron chi connectivity index (χ3n) is 4.92. The summed E-state index contributed by atoms with van der Waals surface area (Å²) in [6.07, 6.45) is 0. The van der Waals surface area contributed by atoms with Gasteiger partial charge in [-0.15, -0.1) is 0 Å². The van der Waals surface area contributed by atoms with Crippen molar-refractivity contribution < 1.29 is 7.48 Å². The highest BCUT2D eigenvalue weighted by atomic mass is 16.5. The zero-order chi connectivity index (χ0) is 20.9. The molecule has 0 spiro atoms. The summed E-state index contributed by atoms with van der Waals surface area (Å²) in [6, 6.07) is 12.4. The zero-order valence-electron chi connectivity index (χ0n) is 19.0. The summed E-state index contributed by atoms with van der Waals surface area (Å²) in [5, 5.41) is 0. The van der Waals surface area contributed by atoms with E-state index in [-0.39, 0.29) is 5.54 Å². The van der Waals surface area contributed by atoms with Crippen LogP contribution in [0.1, 0.15) is 78.3 Å². The van der Waals surface area contributed by atoms with Crippen LogP contribution in [0.4, 0.5) is 0 Å². The van der Waals surface area contributed by atoms with Gasteiger partial charge in [0.15, 0.2) is 0 Å². The van der Waals surface area contributed by atoms with Crippen molar-refractivity contribution in [2.24, 2.45) is 4.99 Å². The van der Waals surface area contributed by atoms with Gasteiger partial charge in [-0.2, -0.15) is 0 Å². The van der Waals surface area contributed by atoms with Crippen molar-refractivity contribution in [2.75, 3.05) is 6.61 Å². The van der Waals surface area contributed by atoms with Crippen molar-refractivity contribution in [1.82, 2.24) is 0 Å². The van der Waals surface area contributed by atoms with E-state index in [4.69, 9.17) is 7.48 Å². The Bertz CT molecular complexity index is 878. The Kier molecular flexibility index (Phi) is 4.28. The zero-order valence-corrected chi connectivity index (χ0v) is 17.0. The van der Waals surface area contributed by atoms with Crippen molar-refractivity contribution in [2.45, 2.75) is 65.8 Å². The van der Waals surface area contributed by atoms with Crippen molar-refractivity contribution in [3.8, 4) is 11.1 Å². The molecule has 2 nitrogen and oxygen atoms in total. The van der Waals surface area contributed by atoms with Gasteiger partial charge in [-0.25, -0.2) is 4.99 Å². The van der Waals surface area contributed by atoms with Crippen LogP contribution in [-0.2, 0) is 4.74 Å². The molecular formula is C24H31NO. The Balaban J connectivity index is 2.06. The summed E-state index contributed by atoms with van der Waals surface area (Å²) < 4.78 is 22.9. The maximum absolute atomic E-state index is 8.57. The molecule has 1 heterocycles. The molecule has 138 valence electrons. The van der Waals surface area contributed by atoms with Crippen LogP contribution in [0.2, 0.25) is 0 Å². The fourth-order valence-electron chi connectivity index (χ4n) is 3.46. The van der Waals surface area contributed by atoms with Gasteiger partial charge in [0.1, 0.15) is 6.61 Å². The second-order valence-corrected chi connectivity index (χ2v) is 8.29. The second-order valence-electron chi connectivity index (χ2n) is 8.29. The monoisotopic (exact) mass is 351 g/mol. The SMILES string of the molecule is [2H]C(C)(C)c1cc(-c2ccc(C3=NC(C)(C)CO3)cc2)cc(C([2H])(C)C)c1C. The molecule has 0 saturated heterocycles. The molecule has 1 aliphatic rings. The van der Waals surface area contributed by atoms with Crippen molar-refractivity contribution in [1.29, 1.82) is 0 Å². The first-order chi connectivity index (χ1) is 12.8. The van der Waals surface area contributed by atoms with Crippen molar-refractivity contribution in [3.05, 3.63) is 58.7 Å². The van der Waals surface area contributed by atoms with Gasteiger partial charge >= 0.3 is 0 Å². The summed E-state index contributed by atoms with van der Waals surface area (Å²) in [7, 11) is 0. The van der Waals surface area contributed by atoms with Crippen LogP contribution >= 0.6 is 0 Å². The van der Waals surface area contributed by atoms with Crippen LogP contribution in [0.3, 0.4) is 0 Å². The summed E-state index contributed by atoms with van der Waals surface area (Å²) in [6.45, 7) is 14.4. The lowest BCUT2D eigenvalue weighted by atomic mass is 9.86. The number of rotatable bonds is 4. The molecule has 1 aliphatic heterocycles. The van der Waals surface area contributed by atoms with E-state index in [1.165, 1.54) is 0 Å².